The van der Waals surface area contributed by atoms with Crippen LogP contribution in [-0.2, 0) is 9.53 Å². The lowest BCUT2D eigenvalue weighted by molar-refractivity contribution is -0.139. The van der Waals surface area contributed by atoms with Crippen LogP contribution in [0.15, 0.2) is 46.5 Å². The van der Waals surface area contributed by atoms with Gasteiger partial charge in [0.2, 0.25) is 5.88 Å². The first-order valence-electron chi connectivity index (χ1n) is 7.74. The molecule has 24 heavy (non-hydrogen) atoms. The molecule has 0 fully saturated rings. The number of carbonyl (C=O) groups is 1. The first kappa shape index (κ1) is 16.0. The smallest absolute Gasteiger partial charge is 0.338 e. The number of esters is 1. The molecule has 1 N–H and O–H groups in total. The van der Waals surface area contributed by atoms with E-state index in [9.17, 15) is 9.59 Å². The summed E-state index contributed by atoms with van der Waals surface area (Å²) in [7, 11) is 0. The molecule has 0 spiro atoms. The second-order valence-corrected chi connectivity index (χ2v) is 5.51. The number of aryl methyl sites for hydroxylation is 1. The van der Waals surface area contributed by atoms with Crippen LogP contribution in [0, 0.1) is 6.92 Å². The molecule has 0 aliphatic carbocycles. The summed E-state index contributed by atoms with van der Waals surface area (Å²) in [6.45, 7) is 5.35. The molecule has 1 unspecified atom stereocenters. The minimum absolute atomic E-state index is 0.232. The van der Waals surface area contributed by atoms with E-state index in [1.807, 2.05) is 30.3 Å². The fraction of sp³-hybridized carbons (Fsp3) is 0.278. The number of aromatic nitrogens is 2. The lowest BCUT2D eigenvalue weighted by Crippen LogP contribution is -2.30. The number of benzene rings is 1. The van der Waals surface area contributed by atoms with Gasteiger partial charge in [-0.2, -0.15) is 4.98 Å². The third kappa shape index (κ3) is 2.71. The number of aromatic amines is 1. The SMILES string of the molecule is CCOC(=O)C1=C(C)Oc2nc(C)[nH]c(=O)c2C1c1ccccc1. The number of hydrogen-bond donors (Lipinski definition) is 1. The van der Waals surface area contributed by atoms with Gasteiger partial charge in [0.05, 0.1) is 23.7 Å². The molecular formula is C18H18N2O4. The number of nitrogens with zero attached hydrogens (tertiary/aromatic N) is 1. The lowest BCUT2D eigenvalue weighted by Gasteiger charge is -2.27. The molecule has 0 saturated heterocycles. The van der Waals surface area contributed by atoms with Crippen molar-refractivity contribution in [3.8, 4) is 5.88 Å². The number of allylic oxidation sites excluding steroid dienone is 1. The number of fused-ring (bicyclic) bond motifs is 1. The maximum Gasteiger partial charge on any atom is 0.338 e. The first-order chi connectivity index (χ1) is 11.5. The van der Waals surface area contributed by atoms with Gasteiger partial charge in [0.15, 0.2) is 0 Å². The highest BCUT2D eigenvalue weighted by molar-refractivity contribution is 5.92. The summed E-state index contributed by atoms with van der Waals surface area (Å²) >= 11 is 0. The monoisotopic (exact) mass is 326 g/mol. The van der Waals surface area contributed by atoms with Crippen LogP contribution in [0.3, 0.4) is 0 Å². The van der Waals surface area contributed by atoms with Crippen LogP contribution in [0.4, 0.5) is 0 Å². The Hall–Kier alpha value is -2.89. The zero-order valence-electron chi connectivity index (χ0n) is 13.8. The fourth-order valence-corrected chi connectivity index (χ4v) is 2.90. The van der Waals surface area contributed by atoms with Crippen molar-refractivity contribution in [1.82, 2.24) is 9.97 Å². The third-order valence-corrected chi connectivity index (χ3v) is 3.87. The maximum absolute atomic E-state index is 12.6. The molecule has 124 valence electrons. The van der Waals surface area contributed by atoms with Crippen LogP contribution >= 0.6 is 0 Å². The van der Waals surface area contributed by atoms with E-state index in [4.69, 9.17) is 9.47 Å². The standard InChI is InChI=1S/C18H18N2O4/c1-4-23-18(22)13-10(2)24-17-15(16(21)19-11(3)20-17)14(13)12-8-6-5-7-9-12/h5-9,14H,4H2,1-3H3,(H,19,20,21). The van der Waals surface area contributed by atoms with E-state index in [0.29, 0.717) is 22.7 Å². The van der Waals surface area contributed by atoms with Gasteiger partial charge in [0.25, 0.3) is 5.56 Å². The van der Waals surface area contributed by atoms with Crippen LogP contribution in [0.1, 0.15) is 36.7 Å². The zero-order chi connectivity index (χ0) is 17.3. The Balaban J connectivity index is 2.26. The molecule has 0 amide bonds. The van der Waals surface area contributed by atoms with Crippen LogP contribution < -0.4 is 10.3 Å². The summed E-state index contributed by atoms with van der Waals surface area (Å²) in [5.74, 6) is 0.0150. The minimum atomic E-state index is -0.578. The maximum atomic E-state index is 12.6. The van der Waals surface area contributed by atoms with Gasteiger partial charge in [-0.25, -0.2) is 4.79 Å². The van der Waals surface area contributed by atoms with Crippen LogP contribution in [0.25, 0.3) is 0 Å². The summed E-state index contributed by atoms with van der Waals surface area (Å²) in [5, 5.41) is 0. The van der Waals surface area contributed by atoms with Gasteiger partial charge >= 0.3 is 5.97 Å². The molecule has 1 aromatic carbocycles. The van der Waals surface area contributed by atoms with E-state index >= 15 is 0 Å². The first-order valence-corrected chi connectivity index (χ1v) is 7.74. The van der Waals surface area contributed by atoms with Crippen LogP contribution in [-0.4, -0.2) is 22.5 Å². The van der Waals surface area contributed by atoms with Crippen molar-refractivity contribution in [2.75, 3.05) is 6.61 Å². The topological polar surface area (TPSA) is 81.3 Å². The summed E-state index contributed by atoms with van der Waals surface area (Å²) in [6, 6.07) is 9.33. The van der Waals surface area contributed by atoms with Gasteiger partial charge in [-0.05, 0) is 26.3 Å². The van der Waals surface area contributed by atoms with Gasteiger partial charge in [0, 0.05) is 0 Å². The Bertz CT molecular complexity index is 868. The zero-order valence-corrected chi connectivity index (χ0v) is 13.8. The predicted octanol–water partition coefficient (Wildman–Crippen LogP) is 2.44. The van der Waals surface area contributed by atoms with Gasteiger partial charge in [-0.15, -0.1) is 0 Å². The second kappa shape index (κ2) is 6.31. The lowest BCUT2D eigenvalue weighted by atomic mass is 9.83. The molecule has 3 rings (SSSR count). The average molecular weight is 326 g/mol. The molecule has 6 nitrogen and oxygen atoms in total. The van der Waals surface area contributed by atoms with Crippen molar-refractivity contribution in [1.29, 1.82) is 0 Å². The quantitative estimate of drug-likeness (QED) is 0.876. The van der Waals surface area contributed by atoms with Crippen molar-refractivity contribution in [2.45, 2.75) is 26.7 Å². The Morgan fingerprint density at radius 3 is 2.67 bits per heavy atom. The molecule has 2 heterocycles. The third-order valence-electron chi connectivity index (χ3n) is 3.87. The van der Waals surface area contributed by atoms with Gasteiger partial charge in [-0.1, -0.05) is 30.3 Å². The van der Waals surface area contributed by atoms with E-state index in [0.717, 1.165) is 5.56 Å². The number of carbonyl (C=O) groups excluding carboxylic acids is 1. The highest BCUT2D eigenvalue weighted by atomic mass is 16.5. The average Bonchev–Trinajstić information content (AvgIpc) is 2.54. The Labute approximate surface area is 139 Å². The summed E-state index contributed by atoms with van der Waals surface area (Å²) in [5.41, 5.74) is 1.13. The Morgan fingerprint density at radius 2 is 2.00 bits per heavy atom. The number of ether oxygens (including phenoxy) is 2. The fourth-order valence-electron chi connectivity index (χ4n) is 2.90. The van der Waals surface area contributed by atoms with E-state index in [2.05, 4.69) is 9.97 Å². The molecule has 0 radical (unpaired) electrons. The minimum Gasteiger partial charge on any atom is -0.463 e. The van der Waals surface area contributed by atoms with Crippen molar-refractivity contribution < 1.29 is 14.3 Å². The molecule has 0 saturated carbocycles. The Kier molecular flexibility index (Phi) is 4.20. The molecule has 1 aromatic heterocycles. The number of nitrogens with one attached hydrogen (secondary N) is 1. The molecule has 1 atom stereocenters. The van der Waals surface area contributed by atoms with Gasteiger partial charge in [0.1, 0.15) is 11.6 Å². The number of H-pyrrole nitrogens is 1. The van der Waals surface area contributed by atoms with E-state index in [1.54, 1.807) is 20.8 Å². The second-order valence-electron chi connectivity index (χ2n) is 5.51. The van der Waals surface area contributed by atoms with Crippen molar-refractivity contribution in [3.05, 3.63) is 69.0 Å². The van der Waals surface area contributed by atoms with Crippen molar-refractivity contribution >= 4 is 5.97 Å². The van der Waals surface area contributed by atoms with Crippen molar-refractivity contribution in [2.24, 2.45) is 0 Å². The summed E-state index contributed by atoms with van der Waals surface area (Å²) in [6.07, 6.45) is 0. The summed E-state index contributed by atoms with van der Waals surface area (Å²) in [4.78, 5) is 32.0. The van der Waals surface area contributed by atoms with Gasteiger partial charge < -0.3 is 14.5 Å². The highest BCUT2D eigenvalue weighted by Gasteiger charge is 2.37. The normalized spacial score (nSPS) is 16.4. The largest absolute Gasteiger partial charge is 0.463 e. The van der Waals surface area contributed by atoms with Crippen LogP contribution in [0.5, 0.6) is 5.88 Å². The molecule has 1 aliphatic heterocycles. The van der Waals surface area contributed by atoms with Crippen molar-refractivity contribution in [3.63, 3.8) is 0 Å². The molecule has 2 aromatic rings. The number of rotatable bonds is 3. The number of hydrogen-bond acceptors (Lipinski definition) is 5. The molecular weight excluding hydrogens is 308 g/mol. The van der Waals surface area contributed by atoms with Crippen LogP contribution in [0.2, 0.25) is 0 Å². The van der Waals surface area contributed by atoms with E-state index < -0.39 is 11.9 Å². The predicted molar refractivity (Wildman–Crippen MR) is 87.8 cm³/mol. The van der Waals surface area contributed by atoms with E-state index in [1.165, 1.54) is 0 Å². The van der Waals surface area contributed by atoms with Gasteiger partial charge in [-0.3, -0.25) is 4.79 Å². The highest BCUT2D eigenvalue weighted by Crippen LogP contribution is 2.40. The molecule has 6 heteroatoms. The Morgan fingerprint density at radius 1 is 1.29 bits per heavy atom. The molecule has 1 aliphatic rings. The molecule has 0 bridgehead atoms. The summed E-state index contributed by atoms with van der Waals surface area (Å²) < 4.78 is 10.8. The van der Waals surface area contributed by atoms with E-state index in [-0.39, 0.29) is 18.0 Å².